The molecule has 4 saturated carbocycles. The largest absolute Gasteiger partial charge is 0.348 e. The van der Waals surface area contributed by atoms with Gasteiger partial charge < -0.3 is 18.9 Å². The second-order valence-corrected chi connectivity index (χ2v) is 13.6. The Bertz CT molecular complexity index is 823. The minimum atomic E-state index is -0.477. The van der Waals surface area contributed by atoms with E-state index < -0.39 is 5.79 Å². The summed E-state index contributed by atoms with van der Waals surface area (Å²) >= 11 is 0. The highest BCUT2D eigenvalue weighted by atomic mass is 16.7. The second kappa shape index (κ2) is 7.08. The van der Waals surface area contributed by atoms with Crippen molar-refractivity contribution in [3.05, 3.63) is 12.2 Å². The maximum atomic E-state index is 6.85. The first kappa shape index (κ1) is 21.8. The number of ether oxygens (including phenoxy) is 4. The van der Waals surface area contributed by atoms with Gasteiger partial charge in [0.15, 0.2) is 11.6 Å². The molecule has 0 N–H and O–H groups in total. The summed E-state index contributed by atoms with van der Waals surface area (Å²) in [5, 5.41) is 0. The maximum Gasteiger partial charge on any atom is 0.191 e. The third-order valence-corrected chi connectivity index (χ3v) is 12.3. The molecule has 4 heteroatoms. The Hall–Kier alpha value is -0.420. The van der Waals surface area contributed by atoms with Crippen molar-refractivity contribution in [2.75, 3.05) is 19.8 Å². The summed E-state index contributed by atoms with van der Waals surface area (Å²) in [7, 11) is 0. The van der Waals surface area contributed by atoms with Crippen molar-refractivity contribution in [1.29, 1.82) is 0 Å². The Labute approximate surface area is 200 Å². The highest BCUT2D eigenvalue weighted by molar-refractivity contribution is 5.29. The summed E-state index contributed by atoms with van der Waals surface area (Å²) in [6, 6.07) is 0. The summed E-state index contributed by atoms with van der Waals surface area (Å²) < 4.78 is 25.6. The molecule has 0 bridgehead atoms. The zero-order chi connectivity index (χ0) is 22.6. The van der Waals surface area contributed by atoms with Crippen LogP contribution in [0.4, 0.5) is 0 Å². The van der Waals surface area contributed by atoms with Crippen molar-refractivity contribution < 1.29 is 18.9 Å². The molecular formula is C29H44O4. The first-order valence-corrected chi connectivity index (χ1v) is 14.1. The van der Waals surface area contributed by atoms with Crippen LogP contribution < -0.4 is 0 Å². The summed E-state index contributed by atoms with van der Waals surface area (Å²) in [5.41, 5.74) is 2.07. The predicted octanol–water partition coefficient (Wildman–Crippen LogP) is 6.10. The Balaban J connectivity index is 1.13. The topological polar surface area (TPSA) is 36.9 Å². The summed E-state index contributed by atoms with van der Waals surface area (Å²) in [6.45, 7) is 14.6. The van der Waals surface area contributed by atoms with Gasteiger partial charge in [-0.3, -0.25) is 0 Å². The Morgan fingerprint density at radius 3 is 2.42 bits per heavy atom. The lowest BCUT2D eigenvalue weighted by atomic mass is 9.44. The molecule has 0 amide bonds. The van der Waals surface area contributed by atoms with E-state index in [0.717, 1.165) is 62.8 Å². The van der Waals surface area contributed by atoms with E-state index in [0.29, 0.717) is 28.8 Å². The van der Waals surface area contributed by atoms with Crippen LogP contribution in [0.2, 0.25) is 0 Å². The first-order valence-electron chi connectivity index (χ1n) is 14.1. The van der Waals surface area contributed by atoms with Gasteiger partial charge in [0.05, 0.1) is 25.9 Å². The van der Waals surface area contributed by atoms with Crippen LogP contribution in [0.25, 0.3) is 0 Å². The molecule has 3 heterocycles. The molecule has 4 nitrogen and oxygen atoms in total. The highest BCUT2D eigenvalue weighted by Gasteiger charge is 2.68. The van der Waals surface area contributed by atoms with Crippen molar-refractivity contribution >= 4 is 0 Å². The first-order chi connectivity index (χ1) is 15.8. The standard InChI is InChI=1S/C29H44O4/c1-18-7-10-29(32-17-18)19(2)25-24(33-29)15-23-21-6-5-20-16-28(30-13-14-31-28)12-11-26(20,3)22(21)8-9-27(23,25)4/h18,20-25H,2,5-17H2,1,3-4H3/t18?,20?,21-,22+,23+,24+,25+,26+,27+,29-/m1/s1. The molecule has 7 fully saturated rings. The van der Waals surface area contributed by atoms with E-state index in [1.165, 1.54) is 50.5 Å². The van der Waals surface area contributed by atoms with E-state index >= 15 is 0 Å². The monoisotopic (exact) mass is 456 g/mol. The molecule has 7 rings (SSSR count). The number of fused-ring (bicyclic) bond motifs is 7. The number of rotatable bonds is 0. The maximum absolute atomic E-state index is 6.85. The van der Waals surface area contributed by atoms with Crippen molar-refractivity contribution in [1.82, 2.24) is 0 Å². The third kappa shape index (κ3) is 2.84. The molecule has 2 spiro atoms. The van der Waals surface area contributed by atoms with Crippen LogP contribution in [-0.2, 0) is 18.9 Å². The molecule has 33 heavy (non-hydrogen) atoms. The van der Waals surface area contributed by atoms with Gasteiger partial charge in [0.25, 0.3) is 0 Å². The van der Waals surface area contributed by atoms with E-state index in [1.807, 2.05) is 0 Å². The molecule has 3 aliphatic heterocycles. The highest BCUT2D eigenvalue weighted by Crippen LogP contribution is 2.71. The van der Waals surface area contributed by atoms with Crippen LogP contribution in [0.5, 0.6) is 0 Å². The molecular weight excluding hydrogens is 412 g/mol. The lowest BCUT2D eigenvalue weighted by Crippen LogP contribution is -2.56. The van der Waals surface area contributed by atoms with Gasteiger partial charge in [-0.1, -0.05) is 27.4 Å². The zero-order valence-electron chi connectivity index (χ0n) is 21.1. The summed E-state index contributed by atoms with van der Waals surface area (Å²) in [6.07, 6.45) is 12.7. The molecule has 4 aliphatic carbocycles. The number of hydrogen-bond donors (Lipinski definition) is 0. The lowest BCUT2D eigenvalue weighted by Gasteiger charge is -2.62. The van der Waals surface area contributed by atoms with E-state index in [1.54, 1.807) is 0 Å². The van der Waals surface area contributed by atoms with Crippen molar-refractivity contribution in [3.8, 4) is 0 Å². The molecule has 3 saturated heterocycles. The van der Waals surface area contributed by atoms with Gasteiger partial charge in [-0.05, 0) is 90.9 Å². The fourth-order valence-corrected chi connectivity index (χ4v) is 10.5. The molecule has 7 aliphatic rings. The molecule has 2 unspecified atom stereocenters. The Kier molecular flexibility index (Phi) is 4.68. The van der Waals surface area contributed by atoms with E-state index in [9.17, 15) is 0 Å². The quantitative estimate of drug-likeness (QED) is 0.413. The van der Waals surface area contributed by atoms with Crippen LogP contribution >= 0.6 is 0 Å². The van der Waals surface area contributed by atoms with Gasteiger partial charge in [0.2, 0.25) is 0 Å². The zero-order valence-corrected chi connectivity index (χ0v) is 21.1. The van der Waals surface area contributed by atoms with Crippen LogP contribution in [0, 0.1) is 46.3 Å². The van der Waals surface area contributed by atoms with Crippen molar-refractivity contribution in [2.45, 2.75) is 103 Å². The number of hydrogen-bond acceptors (Lipinski definition) is 4. The molecule has 0 aromatic carbocycles. The van der Waals surface area contributed by atoms with Crippen molar-refractivity contribution in [3.63, 3.8) is 0 Å². The van der Waals surface area contributed by atoms with Gasteiger partial charge >= 0.3 is 0 Å². The van der Waals surface area contributed by atoms with E-state index in [2.05, 4.69) is 27.4 Å². The normalized spacial score (nSPS) is 57.1. The Morgan fingerprint density at radius 1 is 0.848 bits per heavy atom. The fraction of sp³-hybridized carbons (Fsp3) is 0.931. The molecule has 10 atom stereocenters. The summed E-state index contributed by atoms with van der Waals surface area (Å²) in [4.78, 5) is 0. The lowest BCUT2D eigenvalue weighted by molar-refractivity contribution is -0.239. The molecule has 0 radical (unpaired) electrons. The average Bonchev–Trinajstić information content (AvgIpc) is 3.44. The predicted molar refractivity (Wildman–Crippen MR) is 126 cm³/mol. The fourth-order valence-electron chi connectivity index (χ4n) is 10.5. The van der Waals surface area contributed by atoms with Crippen LogP contribution in [0.3, 0.4) is 0 Å². The van der Waals surface area contributed by atoms with Gasteiger partial charge in [0.1, 0.15) is 0 Å². The van der Waals surface area contributed by atoms with Gasteiger partial charge in [0, 0.05) is 25.2 Å². The smallest absolute Gasteiger partial charge is 0.191 e. The summed E-state index contributed by atoms with van der Waals surface area (Å²) in [5.74, 6) is 3.61. The van der Waals surface area contributed by atoms with Gasteiger partial charge in [-0.2, -0.15) is 0 Å². The average molecular weight is 457 g/mol. The van der Waals surface area contributed by atoms with Gasteiger partial charge in [-0.25, -0.2) is 0 Å². The SMILES string of the molecule is C=C1[C@H]2[C@H](C[C@H]3[C@@H]4CCC5CC6(CC[C@]5(C)[C@H]4CC[C@@]32C)OCCO6)O[C@]12CCC(C)CO2. The minimum Gasteiger partial charge on any atom is -0.348 e. The van der Waals surface area contributed by atoms with Crippen molar-refractivity contribution in [2.24, 2.45) is 46.3 Å². The van der Waals surface area contributed by atoms with E-state index in [4.69, 9.17) is 18.9 Å². The molecule has 0 aromatic rings. The van der Waals surface area contributed by atoms with Crippen LogP contribution in [0.15, 0.2) is 12.2 Å². The Morgan fingerprint density at radius 2 is 1.67 bits per heavy atom. The third-order valence-electron chi connectivity index (χ3n) is 12.3. The molecule has 0 aromatic heterocycles. The van der Waals surface area contributed by atoms with E-state index in [-0.39, 0.29) is 5.79 Å². The molecule has 184 valence electrons. The van der Waals surface area contributed by atoms with Crippen LogP contribution in [-0.4, -0.2) is 37.5 Å². The minimum absolute atomic E-state index is 0.248. The van der Waals surface area contributed by atoms with Crippen LogP contribution in [0.1, 0.15) is 85.0 Å². The van der Waals surface area contributed by atoms with Gasteiger partial charge in [-0.15, -0.1) is 0 Å². The second-order valence-electron chi connectivity index (χ2n) is 13.6.